The van der Waals surface area contributed by atoms with Crippen LogP contribution in [0.3, 0.4) is 0 Å². The lowest BCUT2D eigenvalue weighted by Crippen LogP contribution is -2.29. The van der Waals surface area contributed by atoms with Crippen LogP contribution < -0.4 is 5.32 Å². The van der Waals surface area contributed by atoms with E-state index in [4.69, 9.17) is 4.74 Å². The summed E-state index contributed by atoms with van der Waals surface area (Å²) < 4.78 is 5.09. The Morgan fingerprint density at radius 2 is 2.00 bits per heavy atom. The van der Waals surface area contributed by atoms with Crippen molar-refractivity contribution >= 4 is 0 Å². The summed E-state index contributed by atoms with van der Waals surface area (Å²) in [4.78, 5) is 0. The van der Waals surface area contributed by atoms with E-state index in [1.54, 1.807) is 7.11 Å². The zero-order valence-electron chi connectivity index (χ0n) is 9.70. The van der Waals surface area contributed by atoms with Crippen molar-refractivity contribution in [3.63, 3.8) is 0 Å². The molecule has 0 aliphatic heterocycles. The molecular weight excluding hydrogens is 186 g/mol. The van der Waals surface area contributed by atoms with Gasteiger partial charge >= 0.3 is 0 Å². The van der Waals surface area contributed by atoms with Crippen LogP contribution in [0.4, 0.5) is 0 Å². The fourth-order valence-electron chi connectivity index (χ4n) is 1.57. The number of ether oxygens (including phenoxy) is 1. The molecule has 0 aliphatic rings. The predicted molar refractivity (Wildman–Crippen MR) is 63.9 cm³/mol. The van der Waals surface area contributed by atoms with Gasteiger partial charge in [-0.3, -0.25) is 0 Å². The minimum Gasteiger partial charge on any atom is -0.385 e. The van der Waals surface area contributed by atoms with Gasteiger partial charge in [0.05, 0.1) is 0 Å². The molecule has 2 heteroatoms. The van der Waals surface area contributed by atoms with Gasteiger partial charge in [-0.1, -0.05) is 37.3 Å². The predicted octanol–water partition coefficient (Wildman–Crippen LogP) is 2.59. The molecular formula is C13H21NO. The molecule has 1 aromatic carbocycles. The molecule has 1 aromatic rings. The number of rotatable bonds is 7. The van der Waals surface area contributed by atoms with E-state index in [-0.39, 0.29) is 0 Å². The molecule has 0 fully saturated rings. The molecule has 0 saturated heterocycles. The summed E-state index contributed by atoms with van der Waals surface area (Å²) in [7, 11) is 1.75. The minimum atomic E-state index is 0.560. The molecule has 0 radical (unpaired) electrons. The van der Waals surface area contributed by atoms with Crippen molar-refractivity contribution in [3.8, 4) is 0 Å². The highest BCUT2D eigenvalue weighted by Gasteiger charge is 2.04. The first-order chi connectivity index (χ1) is 7.36. The fourth-order valence-corrected chi connectivity index (χ4v) is 1.57. The second-order valence-corrected chi connectivity index (χ2v) is 3.75. The van der Waals surface area contributed by atoms with Crippen molar-refractivity contribution in [3.05, 3.63) is 35.9 Å². The average Bonchev–Trinajstić information content (AvgIpc) is 2.31. The van der Waals surface area contributed by atoms with E-state index in [2.05, 4.69) is 36.5 Å². The standard InChI is InChI=1S/C13H21NO/c1-3-13(9-10-15-2)14-11-12-7-5-4-6-8-12/h4-8,13-14H,3,9-11H2,1-2H3. The Kier molecular flexibility index (Phi) is 6.05. The van der Waals surface area contributed by atoms with E-state index in [1.165, 1.54) is 5.56 Å². The van der Waals surface area contributed by atoms with Gasteiger partial charge in [0.1, 0.15) is 0 Å². The third kappa shape index (κ3) is 4.96. The quantitative estimate of drug-likeness (QED) is 0.742. The van der Waals surface area contributed by atoms with Crippen LogP contribution in [-0.4, -0.2) is 19.8 Å². The van der Waals surface area contributed by atoms with Gasteiger partial charge in [0.25, 0.3) is 0 Å². The Morgan fingerprint density at radius 3 is 2.60 bits per heavy atom. The third-order valence-electron chi connectivity index (χ3n) is 2.60. The first kappa shape index (κ1) is 12.2. The maximum Gasteiger partial charge on any atom is 0.0477 e. The summed E-state index contributed by atoms with van der Waals surface area (Å²) in [6.45, 7) is 3.99. The van der Waals surface area contributed by atoms with Crippen LogP contribution in [0.2, 0.25) is 0 Å². The molecule has 0 saturated carbocycles. The number of methoxy groups -OCH3 is 1. The van der Waals surface area contributed by atoms with Crippen molar-refractivity contribution in [2.75, 3.05) is 13.7 Å². The van der Waals surface area contributed by atoms with Crippen LogP contribution in [0.25, 0.3) is 0 Å². The second kappa shape index (κ2) is 7.43. The Morgan fingerprint density at radius 1 is 1.27 bits per heavy atom. The van der Waals surface area contributed by atoms with E-state index < -0.39 is 0 Å². The monoisotopic (exact) mass is 207 g/mol. The topological polar surface area (TPSA) is 21.3 Å². The number of hydrogen-bond acceptors (Lipinski definition) is 2. The molecule has 1 atom stereocenters. The van der Waals surface area contributed by atoms with Gasteiger partial charge in [0.15, 0.2) is 0 Å². The van der Waals surface area contributed by atoms with Crippen molar-refractivity contribution in [1.29, 1.82) is 0 Å². The lowest BCUT2D eigenvalue weighted by molar-refractivity contribution is 0.181. The number of nitrogens with one attached hydrogen (secondary N) is 1. The molecule has 0 heterocycles. The largest absolute Gasteiger partial charge is 0.385 e. The summed E-state index contributed by atoms with van der Waals surface area (Å²) in [5.74, 6) is 0. The normalized spacial score (nSPS) is 12.7. The molecule has 0 amide bonds. The van der Waals surface area contributed by atoms with Gasteiger partial charge < -0.3 is 10.1 Å². The van der Waals surface area contributed by atoms with Crippen molar-refractivity contribution < 1.29 is 4.74 Å². The third-order valence-corrected chi connectivity index (χ3v) is 2.60. The van der Waals surface area contributed by atoms with Crippen LogP contribution in [-0.2, 0) is 11.3 Å². The molecule has 2 nitrogen and oxygen atoms in total. The Labute approximate surface area is 92.6 Å². The maximum absolute atomic E-state index is 5.09. The van der Waals surface area contributed by atoms with Crippen LogP contribution in [0.1, 0.15) is 25.3 Å². The van der Waals surface area contributed by atoms with E-state index >= 15 is 0 Å². The zero-order chi connectivity index (χ0) is 10.9. The highest BCUT2D eigenvalue weighted by Crippen LogP contribution is 2.02. The smallest absolute Gasteiger partial charge is 0.0477 e. The lowest BCUT2D eigenvalue weighted by Gasteiger charge is -2.16. The van der Waals surface area contributed by atoms with Gasteiger partial charge in [0, 0.05) is 26.3 Å². The number of benzene rings is 1. The molecule has 0 bridgehead atoms. The summed E-state index contributed by atoms with van der Waals surface area (Å²) in [5.41, 5.74) is 1.34. The Balaban J connectivity index is 2.28. The summed E-state index contributed by atoms with van der Waals surface area (Å²) >= 11 is 0. The van der Waals surface area contributed by atoms with Gasteiger partial charge in [-0.15, -0.1) is 0 Å². The van der Waals surface area contributed by atoms with Crippen LogP contribution in [0.5, 0.6) is 0 Å². The SMILES string of the molecule is CCC(CCOC)NCc1ccccc1. The van der Waals surface area contributed by atoms with Gasteiger partial charge in [-0.05, 0) is 18.4 Å². The van der Waals surface area contributed by atoms with E-state index in [9.17, 15) is 0 Å². The highest BCUT2D eigenvalue weighted by atomic mass is 16.5. The van der Waals surface area contributed by atoms with Crippen molar-refractivity contribution in [2.24, 2.45) is 0 Å². The molecule has 1 N–H and O–H groups in total. The fraction of sp³-hybridized carbons (Fsp3) is 0.538. The summed E-state index contributed by atoms with van der Waals surface area (Å²) in [6, 6.07) is 11.1. The molecule has 0 spiro atoms. The maximum atomic E-state index is 5.09. The zero-order valence-corrected chi connectivity index (χ0v) is 9.70. The minimum absolute atomic E-state index is 0.560. The van der Waals surface area contributed by atoms with E-state index in [1.807, 2.05) is 6.07 Å². The molecule has 84 valence electrons. The van der Waals surface area contributed by atoms with Crippen molar-refractivity contribution in [2.45, 2.75) is 32.4 Å². The average molecular weight is 207 g/mol. The molecule has 15 heavy (non-hydrogen) atoms. The van der Waals surface area contributed by atoms with Crippen LogP contribution >= 0.6 is 0 Å². The highest BCUT2D eigenvalue weighted by molar-refractivity contribution is 5.14. The summed E-state index contributed by atoms with van der Waals surface area (Å²) in [6.07, 6.45) is 2.23. The Bertz CT molecular complexity index is 248. The van der Waals surface area contributed by atoms with Gasteiger partial charge in [0.2, 0.25) is 0 Å². The van der Waals surface area contributed by atoms with Crippen LogP contribution in [0.15, 0.2) is 30.3 Å². The van der Waals surface area contributed by atoms with E-state index in [0.29, 0.717) is 6.04 Å². The first-order valence-corrected chi connectivity index (χ1v) is 5.63. The molecule has 1 rings (SSSR count). The second-order valence-electron chi connectivity index (χ2n) is 3.75. The lowest BCUT2D eigenvalue weighted by atomic mass is 10.1. The molecule has 1 unspecified atom stereocenters. The first-order valence-electron chi connectivity index (χ1n) is 5.63. The van der Waals surface area contributed by atoms with E-state index in [0.717, 1.165) is 26.0 Å². The van der Waals surface area contributed by atoms with Crippen LogP contribution in [0, 0.1) is 0 Å². The van der Waals surface area contributed by atoms with Crippen molar-refractivity contribution in [1.82, 2.24) is 5.32 Å². The van der Waals surface area contributed by atoms with Gasteiger partial charge in [-0.25, -0.2) is 0 Å². The molecule has 0 aliphatic carbocycles. The summed E-state index contributed by atoms with van der Waals surface area (Å²) in [5, 5.41) is 3.54. The van der Waals surface area contributed by atoms with Gasteiger partial charge in [-0.2, -0.15) is 0 Å². The number of hydrogen-bond donors (Lipinski definition) is 1. The molecule has 0 aromatic heterocycles. The Hall–Kier alpha value is -0.860.